The smallest absolute Gasteiger partial charge is 0.319 e. The Morgan fingerprint density at radius 3 is 2.47 bits per heavy atom. The minimum Gasteiger partial charge on any atom is -0.480 e. The number of aliphatic carboxylic acids is 1. The van der Waals surface area contributed by atoms with Crippen molar-refractivity contribution < 1.29 is 19.1 Å². The highest BCUT2D eigenvalue weighted by molar-refractivity contribution is 6.08. The van der Waals surface area contributed by atoms with Gasteiger partial charge >= 0.3 is 5.97 Å². The Balaban J connectivity index is 2.11. The maximum atomic E-state index is 12.6. The van der Waals surface area contributed by atoms with Crippen molar-refractivity contribution >= 4 is 17.6 Å². The first-order valence-electron chi connectivity index (χ1n) is 5.19. The largest absolute Gasteiger partial charge is 0.480 e. The fourth-order valence-corrected chi connectivity index (χ4v) is 1.75. The van der Waals surface area contributed by atoms with Crippen molar-refractivity contribution in [1.82, 2.24) is 0 Å². The average Bonchev–Trinajstić information content (AvgIpc) is 2.19. The zero-order valence-corrected chi connectivity index (χ0v) is 8.92. The molecule has 0 radical (unpaired) electrons. The molecule has 1 aromatic rings. The van der Waals surface area contributed by atoms with E-state index in [4.69, 9.17) is 5.11 Å². The van der Waals surface area contributed by atoms with Crippen LogP contribution in [0.2, 0.25) is 0 Å². The molecule has 0 aliphatic heterocycles. The quantitative estimate of drug-likeness (QED) is 0.782. The van der Waals surface area contributed by atoms with Crippen molar-refractivity contribution in [1.29, 1.82) is 0 Å². The first kappa shape index (κ1) is 11.4. The molecule has 4 nitrogen and oxygen atoms in total. The topological polar surface area (TPSA) is 66.4 Å². The molecule has 5 heteroatoms. The highest BCUT2D eigenvalue weighted by Gasteiger charge is 2.51. The van der Waals surface area contributed by atoms with Gasteiger partial charge in [-0.1, -0.05) is 6.42 Å². The van der Waals surface area contributed by atoms with E-state index in [9.17, 15) is 14.0 Å². The molecule has 1 amide bonds. The predicted octanol–water partition coefficient (Wildman–Crippen LogP) is 1.62. The SMILES string of the molecule is O=C(O)C1(C(=O)Nc2c#cc(F)cc2)CCC1. The molecule has 1 aliphatic carbocycles. The first-order chi connectivity index (χ1) is 8.04. The molecule has 0 bridgehead atoms. The average molecular weight is 235 g/mol. The number of hydrogen-bond acceptors (Lipinski definition) is 2. The van der Waals surface area contributed by atoms with Gasteiger partial charge in [0.25, 0.3) is 0 Å². The van der Waals surface area contributed by atoms with Crippen molar-refractivity contribution in [2.24, 2.45) is 5.41 Å². The van der Waals surface area contributed by atoms with Crippen LogP contribution in [0.3, 0.4) is 0 Å². The number of halogens is 1. The molecule has 1 saturated carbocycles. The summed E-state index contributed by atoms with van der Waals surface area (Å²) in [7, 11) is 0. The number of carbonyl (C=O) groups excluding carboxylic acids is 1. The molecule has 0 atom stereocenters. The van der Waals surface area contributed by atoms with Crippen LogP contribution in [0.1, 0.15) is 19.3 Å². The molecule has 0 unspecified atom stereocenters. The number of carboxylic acids is 1. The van der Waals surface area contributed by atoms with Gasteiger partial charge in [0, 0.05) is 0 Å². The van der Waals surface area contributed by atoms with Gasteiger partial charge in [0.15, 0.2) is 5.82 Å². The summed E-state index contributed by atoms with van der Waals surface area (Å²) in [6.45, 7) is 0. The van der Waals surface area contributed by atoms with Crippen LogP contribution in [0.4, 0.5) is 10.1 Å². The van der Waals surface area contributed by atoms with Crippen LogP contribution < -0.4 is 5.32 Å². The van der Waals surface area contributed by atoms with Crippen LogP contribution in [0.25, 0.3) is 0 Å². The Morgan fingerprint density at radius 2 is 2.06 bits per heavy atom. The van der Waals surface area contributed by atoms with Crippen LogP contribution in [0.5, 0.6) is 0 Å². The van der Waals surface area contributed by atoms with E-state index in [1.54, 1.807) is 0 Å². The number of amides is 1. The van der Waals surface area contributed by atoms with E-state index in [1.807, 2.05) is 0 Å². The van der Waals surface area contributed by atoms with E-state index < -0.39 is 23.1 Å². The van der Waals surface area contributed by atoms with Gasteiger partial charge in [-0.3, -0.25) is 9.59 Å². The summed E-state index contributed by atoms with van der Waals surface area (Å²) in [5.74, 6) is -2.28. The normalized spacial score (nSPS) is 16.5. The maximum Gasteiger partial charge on any atom is 0.319 e. The van der Waals surface area contributed by atoms with Crippen LogP contribution >= 0.6 is 0 Å². The van der Waals surface area contributed by atoms with Gasteiger partial charge in [-0.05, 0) is 37.1 Å². The van der Waals surface area contributed by atoms with Gasteiger partial charge in [-0.25, -0.2) is 0 Å². The Kier molecular flexibility index (Phi) is 2.72. The number of nitrogens with one attached hydrogen (secondary N) is 1. The van der Waals surface area contributed by atoms with Crippen LogP contribution in [-0.2, 0) is 9.59 Å². The minimum absolute atomic E-state index is 0.226. The highest BCUT2D eigenvalue weighted by atomic mass is 19.1. The third kappa shape index (κ3) is 1.94. The van der Waals surface area contributed by atoms with Crippen molar-refractivity contribution in [2.45, 2.75) is 19.3 Å². The summed E-state index contributed by atoms with van der Waals surface area (Å²) < 4.78 is 12.6. The van der Waals surface area contributed by atoms with E-state index in [-0.39, 0.29) is 5.69 Å². The molecule has 1 fully saturated rings. The summed E-state index contributed by atoms with van der Waals surface area (Å²) in [5, 5.41) is 11.5. The van der Waals surface area contributed by atoms with Gasteiger partial charge in [-0.2, -0.15) is 4.39 Å². The molecule has 88 valence electrons. The zero-order chi connectivity index (χ0) is 12.5. The lowest BCUT2D eigenvalue weighted by Gasteiger charge is -2.35. The molecule has 0 aromatic heterocycles. The van der Waals surface area contributed by atoms with Crippen LogP contribution in [0, 0.1) is 23.4 Å². The lowest BCUT2D eigenvalue weighted by atomic mass is 9.68. The van der Waals surface area contributed by atoms with Crippen molar-refractivity contribution in [3.05, 3.63) is 30.1 Å². The molecule has 0 spiro atoms. The summed E-state index contributed by atoms with van der Waals surface area (Å²) in [6, 6.07) is 7.01. The lowest BCUT2D eigenvalue weighted by molar-refractivity contribution is -0.159. The van der Waals surface area contributed by atoms with E-state index >= 15 is 0 Å². The van der Waals surface area contributed by atoms with Gasteiger partial charge in [-0.15, -0.1) is 0 Å². The van der Waals surface area contributed by atoms with E-state index in [0.717, 1.165) is 12.5 Å². The number of carbonyl (C=O) groups is 2. The fraction of sp³-hybridized carbons (Fsp3) is 0.333. The zero-order valence-electron chi connectivity index (χ0n) is 8.92. The lowest BCUT2D eigenvalue weighted by Crippen LogP contribution is -2.48. The minimum atomic E-state index is -1.33. The summed E-state index contributed by atoms with van der Waals surface area (Å²) in [4.78, 5) is 22.9. The Morgan fingerprint density at radius 1 is 1.35 bits per heavy atom. The van der Waals surface area contributed by atoms with E-state index in [2.05, 4.69) is 17.4 Å². The van der Waals surface area contributed by atoms with E-state index in [0.29, 0.717) is 12.8 Å². The predicted molar refractivity (Wildman–Crippen MR) is 56.6 cm³/mol. The molecule has 1 aromatic carbocycles. The highest BCUT2D eigenvalue weighted by Crippen LogP contribution is 2.42. The Hall–Kier alpha value is -2.09. The maximum absolute atomic E-state index is 12.6. The molecule has 17 heavy (non-hydrogen) atoms. The van der Waals surface area contributed by atoms with Crippen molar-refractivity contribution in [3.63, 3.8) is 0 Å². The number of rotatable bonds is 3. The van der Waals surface area contributed by atoms with Gasteiger partial charge in [0.2, 0.25) is 5.91 Å². The molecule has 2 rings (SSSR count). The molecular formula is C12H10FNO3. The summed E-state index contributed by atoms with van der Waals surface area (Å²) in [6.07, 6.45) is 1.39. The molecule has 0 heterocycles. The van der Waals surface area contributed by atoms with Crippen LogP contribution in [0.15, 0.2) is 12.1 Å². The van der Waals surface area contributed by atoms with Crippen molar-refractivity contribution in [3.8, 4) is 0 Å². The molecule has 2 N–H and O–H groups in total. The molecule has 0 saturated heterocycles. The second-order valence-corrected chi connectivity index (χ2v) is 4.04. The van der Waals surface area contributed by atoms with Gasteiger partial charge in [0.05, 0.1) is 5.69 Å². The first-order valence-corrected chi connectivity index (χ1v) is 5.19. The van der Waals surface area contributed by atoms with Gasteiger partial charge in [0.1, 0.15) is 5.41 Å². The Bertz CT molecular complexity index is 451. The second-order valence-electron chi connectivity index (χ2n) is 4.04. The van der Waals surface area contributed by atoms with E-state index in [1.165, 1.54) is 6.07 Å². The Labute approximate surface area is 97.4 Å². The third-order valence-corrected chi connectivity index (χ3v) is 3.01. The number of hydrogen-bond donors (Lipinski definition) is 2. The summed E-state index contributed by atoms with van der Waals surface area (Å²) >= 11 is 0. The van der Waals surface area contributed by atoms with Crippen molar-refractivity contribution in [2.75, 3.05) is 5.32 Å². The molecule has 1 aliphatic rings. The third-order valence-electron chi connectivity index (χ3n) is 3.01. The standard InChI is InChI=1S/C12H10FNO3/c13-8-2-4-9(5-3-8)14-10(15)12(11(16)17)6-1-7-12/h2,4H,1,6-7H2,(H,14,15)(H,16,17). The number of anilines is 1. The number of carboxylic acid groups (broad SMARTS) is 1. The molecular weight excluding hydrogens is 225 g/mol. The fourth-order valence-electron chi connectivity index (χ4n) is 1.75. The van der Waals surface area contributed by atoms with Gasteiger partial charge < -0.3 is 10.4 Å². The monoisotopic (exact) mass is 235 g/mol. The second kappa shape index (κ2) is 4.06. The van der Waals surface area contributed by atoms with Crippen LogP contribution in [-0.4, -0.2) is 17.0 Å². The summed E-state index contributed by atoms with van der Waals surface area (Å²) in [5.41, 5.74) is -1.11.